The van der Waals surface area contributed by atoms with Crippen LogP contribution in [0.2, 0.25) is 10.0 Å². The van der Waals surface area contributed by atoms with E-state index in [2.05, 4.69) is 11.4 Å². The summed E-state index contributed by atoms with van der Waals surface area (Å²) in [7, 11) is 0. The number of nitrogens with zero attached hydrogens (tertiary/aromatic N) is 1. The first-order valence-electron chi connectivity index (χ1n) is 6.59. The van der Waals surface area contributed by atoms with Crippen molar-refractivity contribution in [2.24, 2.45) is 11.3 Å². The van der Waals surface area contributed by atoms with Crippen LogP contribution in [0.4, 0.5) is 0 Å². The topological polar surface area (TPSA) is 52.9 Å². The van der Waals surface area contributed by atoms with E-state index < -0.39 is 5.41 Å². The molecule has 0 spiro atoms. The molecule has 2 atom stereocenters. The molecule has 0 amide bonds. The van der Waals surface area contributed by atoms with Crippen LogP contribution in [-0.4, -0.2) is 18.9 Å². The number of nitriles is 1. The van der Waals surface area contributed by atoms with Crippen LogP contribution in [-0.2, 0) is 0 Å². The standard InChI is InChI=1S/C15H16Cl2N2O/c1-10(8-18)7-15(4-5-19-9-15)14(20)11-2-3-12(16)13(17)6-11/h2-3,6,10,19H,4-5,7,9H2,1H3. The van der Waals surface area contributed by atoms with Crippen LogP contribution in [0.15, 0.2) is 18.2 Å². The van der Waals surface area contributed by atoms with Crippen molar-refractivity contribution < 1.29 is 4.79 Å². The molecule has 2 rings (SSSR count). The molecule has 5 heteroatoms. The largest absolute Gasteiger partial charge is 0.316 e. The fourth-order valence-electron chi connectivity index (χ4n) is 2.78. The lowest BCUT2D eigenvalue weighted by molar-refractivity contribution is 0.0789. The number of halogens is 2. The minimum atomic E-state index is -0.508. The summed E-state index contributed by atoms with van der Waals surface area (Å²) in [5.74, 6) is -0.107. The van der Waals surface area contributed by atoms with Gasteiger partial charge in [0.05, 0.1) is 16.1 Å². The maximum atomic E-state index is 12.8. The number of Topliss-reactive ketones (excluding diaryl/α,β-unsaturated/α-hetero) is 1. The quantitative estimate of drug-likeness (QED) is 0.863. The number of rotatable bonds is 4. The highest BCUT2D eigenvalue weighted by molar-refractivity contribution is 6.42. The van der Waals surface area contributed by atoms with Crippen LogP contribution < -0.4 is 5.32 Å². The second kappa shape index (κ2) is 6.13. The molecule has 106 valence electrons. The van der Waals surface area contributed by atoms with Crippen LogP contribution in [0.3, 0.4) is 0 Å². The third kappa shape index (κ3) is 2.98. The number of ketones is 1. The van der Waals surface area contributed by atoms with Gasteiger partial charge in [0.15, 0.2) is 5.78 Å². The summed E-state index contributed by atoms with van der Waals surface area (Å²) in [5.41, 5.74) is 0.0556. The second-order valence-corrected chi connectivity index (χ2v) is 6.21. The monoisotopic (exact) mass is 310 g/mol. The minimum Gasteiger partial charge on any atom is -0.316 e. The zero-order valence-electron chi connectivity index (χ0n) is 11.2. The van der Waals surface area contributed by atoms with Gasteiger partial charge in [-0.15, -0.1) is 0 Å². The molecule has 0 bridgehead atoms. The molecule has 1 N–H and O–H groups in total. The van der Waals surface area contributed by atoms with Crippen molar-refractivity contribution in [3.63, 3.8) is 0 Å². The third-order valence-electron chi connectivity index (χ3n) is 3.82. The first-order chi connectivity index (χ1) is 9.48. The zero-order chi connectivity index (χ0) is 14.8. The Bertz CT molecular complexity index is 559. The maximum Gasteiger partial charge on any atom is 0.170 e. The van der Waals surface area contributed by atoms with E-state index in [-0.39, 0.29) is 11.7 Å². The van der Waals surface area contributed by atoms with Gasteiger partial charge >= 0.3 is 0 Å². The van der Waals surface area contributed by atoms with Gasteiger partial charge in [-0.1, -0.05) is 23.2 Å². The average molecular weight is 311 g/mol. The molecule has 1 fully saturated rings. The lowest BCUT2D eigenvalue weighted by Gasteiger charge is -2.28. The first-order valence-corrected chi connectivity index (χ1v) is 7.34. The Hall–Kier alpha value is -1.08. The van der Waals surface area contributed by atoms with Crippen LogP contribution >= 0.6 is 23.2 Å². The lowest BCUT2D eigenvalue weighted by atomic mass is 9.73. The number of hydrogen-bond acceptors (Lipinski definition) is 3. The van der Waals surface area contributed by atoms with Gasteiger partial charge in [0, 0.05) is 23.4 Å². The van der Waals surface area contributed by atoms with E-state index in [1.54, 1.807) is 18.2 Å². The van der Waals surface area contributed by atoms with Crippen molar-refractivity contribution in [3.8, 4) is 6.07 Å². The van der Waals surface area contributed by atoms with Crippen LogP contribution in [0, 0.1) is 22.7 Å². The lowest BCUT2D eigenvalue weighted by Crippen LogP contribution is -2.35. The van der Waals surface area contributed by atoms with Gasteiger partial charge in [-0.3, -0.25) is 4.79 Å². The predicted molar refractivity (Wildman–Crippen MR) is 80.1 cm³/mol. The molecule has 1 saturated heterocycles. The van der Waals surface area contributed by atoms with Gasteiger partial charge in [0.1, 0.15) is 0 Å². The molecule has 2 unspecified atom stereocenters. The highest BCUT2D eigenvalue weighted by atomic mass is 35.5. The Morgan fingerprint density at radius 2 is 2.25 bits per heavy atom. The fourth-order valence-corrected chi connectivity index (χ4v) is 3.08. The highest BCUT2D eigenvalue weighted by Crippen LogP contribution is 2.37. The van der Waals surface area contributed by atoms with E-state index in [1.165, 1.54) is 0 Å². The second-order valence-electron chi connectivity index (χ2n) is 5.40. The molecule has 0 radical (unpaired) electrons. The van der Waals surface area contributed by atoms with E-state index in [0.717, 1.165) is 13.0 Å². The molecule has 1 heterocycles. The predicted octanol–water partition coefficient (Wildman–Crippen LogP) is 3.71. The van der Waals surface area contributed by atoms with Gasteiger partial charge in [0.25, 0.3) is 0 Å². The molecular formula is C15H16Cl2N2O. The van der Waals surface area contributed by atoms with Crippen molar-refractivity contribution in [1.29, 1.82) is 5.26 Å². The van der Waals surface area contributed by atoms with E-state index in [1.807, 2.05) is 6.92 Å². The Kier molecular flexibility index (Phi) is 4.70. The van der Waals surface area contributed by atoms with Crippen molar-refractivity contribution in [1.82, 2.24) is 5.32 Å². The number of nitrogens with one attached hydrogen (secondary N) is 1. The van der Waals surface area contributed by atoms with E-state index in [9.17, 15) is 4.79 Å². The van der Waals surface area contributed by atoms with Crippen LogP contribution in [0.25, 0.3) is 0 Å². The van der Waals surface area contributed by atoms with Gasteiger partial charge in [-0.05, 0) is 44.5 Å². The third-order valence-corrected chi connectivity index (χ3v) is 4.56. The van der Waals surface area contributed by atoms with Crippen molar-refractivity contribution in [2.75, 3.05) is 13.1 Å². The highest BCUT2D eigenvalue weighted by Gasteiger charge is 2.42. The molecule has 0 aliphatic carbocycles. The Balaban J connectivity index is 2.32. The molecule has 1 aromatic rings. The van der Waals surface area contributed by atoms with Gasteiger partial charge in [0.2, 0.25) is 0 Å². The van der Waals surface area contributed by atoms with E-state index in [4.69, 9.17) is 28.5 Å². The molecule has 3 nitrogen and oxygen atoms in total. The van der Waals surface area contributed by atoms with Crippen molar-refractivity contribution in [3.05, 3.63) is 33.8 Å². The summed E-state index contributed by atoms with van der Waals surface area (Å²) in [4.78, 5) is 12.8. The summed E-state index contributed by atoms with van der Waals surface area (Å²) >= 11 is 11.9. The molecule has 1 aromatic carbocycles. The molecular weight excluding hydrogens is 295 g/mol. The smallest absolute Gasteiger partial charge is 0.170 e. The molecule has 20 heavy (non-hydrogen) atoms. The number of carbonyl (C=O) groups is 1. The van der Waals surface area contributed by atoms with E-state index >= 15 is 0 Å². The summed E-state index contributed by atoms with van der Waals surface area (Å²) in [6, 6.07) is 7.17. The Labute approximate surface area is 128 Å². The zero-order valence-corrected chi connectivity index (χ0v) is 12.8. The molecule has 0 aromatic heterocycles. The van der Waals surface area contributed by atoms with Gasteiger partial charge in [-0.2, -0.15) is 5.26 Å². The van der Waals surface area contributed by atoms with Gasteiger partial charge in [-0.25, -0.2) is 0 Å². The number of benzene rings is 1. The SMILES string of the molecule is CC(C#N)CC1(C(=O)c2ccc(Cl)c(Cl)c2)CCNC1. The molecule has 1 aliphatic rings. The summed E-state index contributed by atoms with van der Waals surface area (Å²) < 4.78 is 0. The summed E-state index contributed by atoms with van der Waals surface area (Å²) in [6.45, 7) is 3.26. The maximum absolute atomic E-state index is 12.8. The fraction of sp³-hybridized carbons (Fsp3) is 0.467. The van der Waals surface area contributed by atoms with Crippen LogP contribution in [0.5, 0.6) is 0 Å². The minimum absolute atomic E-state index is 0.0446. The summed E-state index contributed by atoms with van der Waals surface area (Å²) in [6.07, 6.45) is 1.31. The number of hydrogen-bond donors (Lipinski definition) is 1. The van der Waals surface area contributed by atoms with Crippen molar-refractivity contribution >= 4 is 29.0 Å². The Morgan fingerprint density at radius 3 is 2.80 bits per heavy atom. The van der Waals surface area contributed by atoms with Crippen LogP contribution in [0.1, 0.15) is 30.1 Å². The normalized spacial score (nSPS) is 23.3. The molecule has 0 saturated carbocycles. The van der Waals surface area contributed by atoms with E-state index in [0.29, 0.717) is 28.6 Å². The average Bonchev–Trinajstić information content (AvgIpc) is 2.90. The Morgan fingerprint density at radius 1 is 1.50 bits per heavy atom. The first kappa shape index (κ1) is 15.3. The number of carbonyl (C=O) groups excluding carboxylic acids is 1. The van der Waals surface area contributed by atoms with Gasteiger partial charge < -0.3 is 5.32 Å². The molecule has 1 aliphatic heterocycles. The summed E-state index contributed by atoms with van der Waals surface area (Å²) in [5, 5.41) is 13.1. The van der Waals surface area contributed by atoms with Crippen molar-refractivity contribution in [2.45, 2.75) is 19.8 Å².